The molecule has 138 valence electrons. The molecule has 2 saturated heterocycles. The minimum Gasteiger partial charge on any atom is -0.339 e. The number of hydrogen-bond acceptors (Lipinski definition) is 5. The summed E-state index contributed by atoms with van der Waals surface area (Å²) in [6.45, 7) is 8.14. The molecule has 2 aliphatic heterocycles. The van der Waals surface area contributed by atoms with Crippen LogP contribution in [0.5, 0.6) is 0 Å². The van der Waals surface area contributed by atoms with Crippen molar-refractivity contribution in [3.8, 4) is 0 Å². The van der Waals surface area contributed by atoms with Gasteiger partial charge in [-0.2, -0.15) is 0 Å². The van der Waals surface area contributed by atoms with E-state index in [9.17, 15) is 9.59 Å². The molecule has 8 heteroatoms. The number of aryl methyl sites for hydroxylation is 1. The minimum absolute atomic E-state index is 0.107. The lowest BCUT2D eigenvalue weighted by molar-refractivity contribution is -0.136. The normalized spacial score (nSPS) is 22.1. The molecule has 0 aliphatic carbocycles. The van der Waals surface area contributed by atoms with Crippen molar-refractivity contribution in [2.24, 2.45) is 0 Å². The molecule has 0 aromatic carbocycles. The Balaban J connectivity index is 1.43. The summed E-state index contributed by atoms with van der Waals surface area (Å²) in [5, 5.41) is 5.40. The van der Waals surface area contributed by atoms with Gasteiger partial charge >= 0.3 is 6.03 Å². The molecule has 1 unspecified atom stereocenters. The number of piperidine rings is 1. The van der Waals surface area contributed by atoms with Crippen molar-refractivity contribution in [1.29, 1.82) is 0 Å². The Bertz CT molecular complexity index is 612. The molecule has 7 nitrogen and oxygen atoms in total. The predicted molar refractivity (Wildman–Crippen MR) is 98.9 cm³/mol. The van der Waals surface area contributed by atoms with Crippen LogP contribution in [-0.4, -0.2) is 76.9 Å². The van der Waals surface area contributed by atoms with E-state index in [-0.39, 0.29) is 11.9 Å². The second kappa shape index (κ2) is 8.14. The highest BCUT2D eigenvalue weighted by molar-refractivity contribution is 7.13. The average molecular weight is 366 g/mol. The molecular weight excluding hydrogens is 338 g/mol. The zero-order chi connectivity index (χ0) is 17.8. The molecule has 0 radical (unpaired) electrons. The second-order valence-electron chi connectivity index (χ2n) is 6.92. The monoisotopic (exact) mass is 365 g/mol. The summed E-state index contributed by atoms with van der Waals surface area (Å²) in [5.74, 6) is 0.225. The van der Waals surface area contributed by atoms with Gasteiger partial charge in [-0.3, -0.25) is 15.0 Å². The van der Waals surface area contributed by atoms with Gasteiger partial charge in [0.2, 0.25) is 5.91 Å². The van der Waals surface area contributed by atoms with Crippen LogP contribution in [-0.2, 0) is 4.79 Å². The number of likely N-dealkylation sites (tertiary alicyclic amines) is 1. The number of anilines is 1. The number of piperazine rings is 1. The number of carbonyl (C=O) groups is 2. The van der Waals surface area contributed by atoms with Crippen LogP contribution in [0.3, 0.4) is 0 Å². The molecule has 2 fully saturated rings. The van der Waals surface area contributed by atoms with Gasteiger partial charge in [-0.1, -0.05) is 0 Å². The van der Waals surface area contributed by atoms with E-state index >= 15 is 0 Å². The Morgan fingerprint density at radius 1 is 1.24 bits per heavy atom. The van der Waals surface area contributed by atoms with Gasteiger partial charge < -0.3 is 9.80 Å². The number of nitrogens with zero attached hydrogens (tertiary/aromatic N) is 4. The lowest BCUT2D eigenvalue weighted by atomic mass is 10.0. The summed E-state index contributed by atoms with van der Waals surface area (Å²) >= 11 is 1.44. The van der Waals surface area contributed by atoms with E-state index in [4.69, 9.17) is 0 Å². The highest BCUT2D eigenvalue weighted by atomic mass is 32.1. The SMILES string of the molecule is Cc1csc(NC(=O)N2CCN(CC(=O)N3CCCCC3C)CC2)n1. The number of carbonyl (C=O) groups excluding carboxylic acids is 2. The van der Waals surface area contributed by atoms with E-state index in [1.54, 1.807) is 4.90 Å². The summed E-state index contributed by atoms with van der Waals surface area (Å²) in [6, 6.07) is 0.250. The zero-order valence-electron chi connectivity index (χ0n) is 15.0. The first kappa shape index (κ1) is 18.1. The van der Waals surface area contributed by atoms with Gasteiger partial charge in [0.05, 0.1) is 12.2 Å². The largest absolute Gasteiger partial charge is 0.339 e. The maximum absolute atomic E-state index is 12.5. The Morgan fingerprint density at radius 2 is 2.00 bits per heavy atom. The molecular formula is C17H27N5O2S. The van der Waals surface area contributed by atoms with Crippen LogP contribution >= 0.6 is 11.3 Å². The van der Waals surface area contributed by atoms with Gasteiger partial charge in [-0.15, -0.1) is 11.3 Å². The molecule has 0 spiro atoms. The fraction of sp³-hybridized carbons (Fsp3) is 0.706. The first-order chi connectivity index (χ1) is 12.0. The van der Waals surface area contributed by atoms with Crippen LogP contribution in [0.4, 0.5) is 9.93 Å². The van der Waals surface area contributed by atoms with E-state index in [0.717, 1.165) is 38.2 Å². The highest BCUT2D eigenvalue weighted by Gasteiger charge is 2.27. The molecule has 1 aromatic heterocycles. The first-order valence-electron chi connectivity index (χ1n) is 9.03. The fourth-order valence-electron chi connectivity index (χ4n) is 3.44. The number of urea groups is 1. The molecule has 2 aliphatic rings. The summed E-state index contributed by atoms with van der Waals surface area (Å²) in [5.41, 5.74) is 0.913. The highest BCUT2D eigenvalue weighted by Crippen LogP contribution is 2.18. The van der Waals surface area contributed by atoms with Gasteiger partial charge in [0.25, 0.3) is 0 Å². The topological polar surface area (TPSA) is 68.8 Å². The number of thiazole rings is 1. The predicted octanol–water partition coefficient (Wildman–Crippen LogP) is 2.00. The molecule has 3 amide bonds. The third-order valence-corrected chi connectivity index (χ3v) is 5.85. The Kier molecular flexibility index (Phi) is 5.90. The maximum atomic E-state index is 12.5. The quantitative estimate of drug-likeness (QED) is 0.890. The molecule has 1 aromatic rings. The molecule has 3 heterocycles. The van der Waals surface area contributed by atoms with Gasteiger partial charge in [0.1, 0.15) is 0 Å². The average Bonchev–Trinajstić information content (AvgIpc) is 3.00. The standard InChI is InChI=1S/C17H27N5O2S/c1-13-12-25-16(18-13)19-17(24)21-9-7-20(8-10-21)11-15(23)22-6-4-3-5-14(22)2/h12,14H,3-11H2,1-2H3,(H,18,19,24). The van der Waals surface area contributed by atoms with Crippen LogP contribution in [0.25, 0.3) is 0 Å². The Labute approximate surface area is 153 Å². The Hall–Kier alpha value is -1.67. The zero-order valence-corrected chi connectivity index (χ0v) is 15.8. The van der Waals surface area contributed by atoms with Crippen molar-refractivity contribution in [1.82, 2.24) is 19.7 Å². The maximum Gasteiger partial charge on any atom is 0.323 e. The molecule has 0 saturated carbocycles. The van der Waals surface area contributed by atoms with Crippen molar-refractivity contribution in [2.75, 3.05) is 44.6 Å². The summed E-state index contributed by atoms with van der Waals surface area (Å²) in [4.78, 5) is 35.0. The lowest BCUT2D eigenvalue weighted by Gasteiger charge is -2.37. The summed E-state index contributed by atoms with van der Waals surface area (Å²) in [7, 11) is 0. The number of aromatic nitrogens is 1. The van der Waals surface area contributed by atoms with Gasteiger partial charge in [-0.25, -0.2) is 9.78 Å². The number of hydrogen-bond donors (Lipinski definition) is 1. The van der Waals surface area contributed by atoms with Crippen molar-refractivity contribution in [3.05, 3.63) is 11.1 Å². The Morgan fingerprint density at radius 3 is 2.64 bits per heavy atom. The van der Waals surface area contributed by atoms with Gasteiger partial charge in [0.15, 0.2) is 5.13 Å². The minimum atomic E-state index is -0.107. The third-order valence-electron chi connectivity index (χ3n) is 4.97. The molecule has 1 N–H and O–H groups in total. The van der Waals surface area contributed by atoms with Crippen LogP contribution in [0.1, 0.15) is 31.9 Å². The van der Waals surface area contributed by atoms with Crippen LogP contribution in [0.2, 0.25) is 0 Å². The van der Waals surface area contributed by atoms with Gasteiger partial charge in [0, 0.05) is 44.1 Å². The van der Waals surface area contributed by atoms with E-state index in [0.29, 0.717) is 30.8 Å². The summed E-state index contributed by atoms with van der Waals surface area (Å²) in [6.07, 6.45) is 3.44. The van der Waals surface area contributed by atoms with Gasteiger partial charge in [-0.05, 0) is 33.1 Å². The lowest BCUT2D eigenvalue weighted by Crippen LogP contribution is -2.53. The number of amides is 3. The van der Waals surface area contributed by atoms with Crippen molar-refractivity contribution in [3.63, 3.8) is 0 Å². The number of rotatable bonds is 3. The number of nitrogens with one attached hydrogen (secondary N) is 1. The first-order valence-corrected chi connectivity index (χ1v) is 9.91. The van der Waals surface area contributed by atoms with Crippen LogP contribution in [0, 0.1) is 6.92 Å². The van der Waals surface area contributed by atoms with Crippen molar-refractivity contribution < 1.29 is 9.59 Å². The summed E-state index contributed by atoms with van der Waals surface area (Å²) < 4.78 is 0. The molecule has 0 bridgehead atoms. The molecule has 3 rings (SSSR count). The van der Waals surface area contributed by atoms with Crippen LogP contribution < -0.4 is 5.32 Å². The van der Waals surface area contributed by atoms with Crippen molar-refractivity contribution in [2.45, 2.75) is 39.2 Å². The van der Waals surface area contributed by atoms with E-state index in [2.05, 4.69) is 22.1 Å². The van der Waals surface area contributed by atoms with E-state index < -0.39 is 0 Å². The van der Waals surface area contributed by atoms with Crippen molar-refractivity contribution >= 4 is 28.4 Å². The molecule has 1 atom stereocenters. The molecule has 25 heavy (non-hydrogen) atoms. The smallest absolute Gasteiger partial charge is 0.323 e. The fourth-order valence-corrected chi connectivity index (χ4v) is 4.12. The third kappa shape index (κ3) is 4.70. The van der Waals surface area contributed by atoms with Crippen LogP contribution in [0.15, 0.2) is 5.38 Å². The second-order valence-corrected chi connectivity index (χ2v) is 7.78. The van der Waals surface area contributed by atoms with E-state index in [1.807, 2.05) is 17.2 Å². The van der Waals surface area contributed by atoms with E-state index in [1.165, 1.54) is 17.8 Å².